The summed E-state index contributed by atoms with van der Waals surface area (Å²) in [4.78, 5) is 10.3. The minimum absolute atomic E-state index is 0.392. The Labute approximate surface area is 86.1 Å². The Morgan fingerprint density at radius 3 is 2.07 bits per heavy atom. The molecule has 0 aromatic carbocycles. The molecule has 0 saturated carbocycles. The highest BCUT2D eigenvalue weighted by molar-refractivity contribution is 5.71. The van der Waals surface area contributed by atoms with E-state index in [1.165, 1.54) is 25.7 Å². The maximum absolute atomic E-state index is 10.3. The van der Waals surface area contributed by atoms with Gasteiger partial charge in [-0.05, 0) is 6.42 Å². The van der Waals surface area contributed by atoms with E-state index in [9.17, 15) is 4.79 Å². The number of unbranched alkanes of at least 4 members (excludes halogenated alkanes) is 6. The van der Waals surface area contributed by atoms with Crippen LogP contribution in [-0.4, -0.2) is 22.3 Å². The van der Waals surface area contributed by atoms with E-state index in [1.807, 2.05) is 0 Å². The summed E-state index contributed by atoms with van der Waals surface area (Å²) in [6, 6.07) is 0. The highest BCUT2D eigenvalue weighted by Crippen LogP contribution is 2.09. The van der Waals surface area contributed by atoms with E-state index in [2.05, 4.69) is 6.92 Å². The topological polar surface area (TPSA) is 57.5 Å². The fourth-order valence-corrected chi connectivity index (χ4v) is 1.42. The van der Waals surface area contributed by atoms with Crippen LogP contribution in [0.15, 0.2) is 0 Å². The van der Waals surface area contributed by atoms with Crippen molar-refractivity contribution < 1.29 is 15.0 Å². The average Bonchev–Trinajstić information content (AvgIpc) is 2.16. The largest absolute Gasteiger partial charge is 0.479 e. The fourth-order valence-electron chi connectivity index (χ4n) is 1.42. The minimum Gasteiger partial charge on any atom is -0.479 e. The standard InChI is InChI=1S/C11H22O3/c1-2-3-4-5-6-7-8-9-10(12)11(13)14/h10,12H,2-9H2,1H3,(H,13,14)/t10-/m0/s1. The average molecular weight is 202 g/mol. The van der Waals surface area contributed by atoms with Gasteiger partial charge in [0.2, 0.25) is 0 Å². The van der Waals surface area contributed by atoms with Gasteiger partial charge >= 0.3 is 5.97 Å². The van der Waals surface area contributed by atoms with Gasteiger partial charge in [-0.15, -0.1) is 0 Å². The first-order valence-corrected chi connectivity index (χ1v) is 5.59. The quantitative estimate of drug-likeness (QED) is 0.565. The molecule has 0 bridgehead atoms. The van der Waals surface area contributed by atoms with Crippen LogP contribution in [0, 0.1) is 0 Å². The van der Waals surface area contributed by atoms with Crippen molar-refractivity contribution >= 4 is 5.97 Å². The zero-order chi connectivity index (χ0) is 10.8. The summed E-state index contributed by atoms with van der Waals surface area (Å²) < 4.78 is 0. The van der Waals surface area contributed by atoms with Crippen LogP contribution in [0.25, 0.3) is 0 Å². The van der Waals surface area contributed by atoms with E-state index in [4.69, 9.17) is 10.2 Å². The Morgan fingerprint density at radius 2 is 1.57 bits per heavy atom. The Morgan fingerprint density at radius 1 is 1.07 bits per heavy atom. The van der Waals surface area contributed by atoms with Crippen LogP contribution >= 0.6 is 0 Å². The van der Waals surface area contributed by atoms with Crippen molar-refractivity contribution in [1.82, 2.24) is 0 Å². The second-order valence-electron chi connectivity index (χ2n) is 3.76. The molecular weight excluding hydrogens is 180 g/mol. The molecule has 0 radical (unpaired) electrons. The van der Waals surface area contributed by atoms with E-state index in [0.717, 1.165) is 19.3 Å². The SMILES string of the molecule is CCCCCCCCC[C@H](O)C(=O)O. The van der Waals surface area contributed by atoms with Gasteiger partial charge < -0.3 is 10.2 Å². The number of aliphatic hydroxyl groups is 1. The van der Waals surface area contributed by atoms with Gasteiger partial charge in [0, 0.05) is 0 Å². The Kier molecular flexibility index (Phi) is 8.64. The first-order valence-electron chi connectivity index (χ1n) is 5.59. The first kappa shape index (κ1) is 13.4. The van der Waals surface area contributed by atoms with Crippen molar-refractivity contribution in [2.45, 2.75) is 64.4 Å². The lowest BCUT2D eigenvalue weighted by molar-refractivity contribution is -0.146. The molecule has 0 aliphatic carbocycles. The smallest absolute Gasteiger partial charge is 0.332 e. The third kappa shape index (κ3) is 8.05. The van der Waals surface area contributed by atoms with Crippen LogP contribution in [0.2, 0.25) is 0 Å². The summed E-state index contributed by atoms with van der Waals surface area (Å²) in [5.41, 5.74) is 0. The van der Waals surface area contributed by atoms with Crippen molar-refractivity contribution in [2.24, 2.45) is 0 Å². The minimum atomic E-state index is -1.16. The number of carbonyl (C=O) groups is 1. The highest BCUT2D eigenvalue weighted by atomic mass is 16.4. The van der Waals surface area contributed by atoms with Crippen LogP contribution in [0.3, 0.4) is 0 Å². The number of hydrogen-bond donors (Lipinski definition) is 2. The molecule has 3 nitrogen and oxygen atoms in total. The van der Waals surface area contributed by atoms with Crippen LogP contribution in [0.4, 0.5) is 0 Å². The molecule has 2 N–H and O–H groups in total. The van der Waals surface area contributed by atoms with E-state index in [1.54, 1.807) is 0 Å². The lowest BCUT2D eigenvalue weighted by Gasteiger charge is -2.04. The van der Waals surface area contributed by atoms with Gasteiger partial charge in [0.1, 0.15) is 0 Å². The normalized spacial score (nSPS) is 12.7. The summed E-state index contributed by atoms with van der Waals surface area (Å²) in [6.45, 7) is 2.18. The maximum Gasteiger partial charge on any atom is 0.332 e. The molecule has 0 saturated heterocycles. The molecule has 0 aliphatic rings. The van der Waals surface area contributed by atoms with Crippen molar-refractivity contribution in [3.8, 4) is 0 Å². The molecular formula is C11H22O3. The van der Waals surface area contributed by atoms with Gasteiger partial charge in [0.25, 0.3) is 0 Å². The molecule has 0 rings (SSSR count). The summed E-state index contributed by atoms with van der Waals surface area (Å²) in [6.07, 6.45) is 7.29. The highest BCUT2D eigenvalue weighted by Gasteiger charge is 2.11. The Bertz CT molecular complexity index is 145. The number of hydrogen-bond acceptors (Lipinski definition) is 2. The molecule has 0 amide bonds. The summed E-state index contributed by atoms with van der Waals surface area (Å²) in [7, 11) is 0. The lowest BCUT2D eigenvalue weighted by Crippen LogP contribution is -2.18. The molecule has 0 aromatic heterocycles. The van der Waals surface area contributed by atoms with E-state index in [0.29, 0.717) is 6.42 Å². The van der Waals surface area contributed by atoms with Gasteiger partial charge in [-0.25, -0.2) is 4.79 Å². The number of carboxylic acid groups (broad SMARTS) is 1. The first-order chi connectivity index (χ1) is 6.68. The van der Waals surface area contributed by atoms with E-state index in [-0.39, 0.29) is 0 Å². The third-order valence-corrected chi connectivity index (χ3v) is 2.37. The van der Waals surface area contributed by atoms with Crippen LogP contribution in [0.1, 0.15) is 58.3 Å². The molecule has 0 spiro atoms. The molecule has 0 fully saturated rings. The predicted molar refractivity (Wildman–Crippen MR) is 56.3 cm³/mol. The fraction of sp³-hybridized carbons (Fsp3) is 0.909. The molecule has 84 valence electrons. The molecule has 1 atom stereocenters. The van der Waals surface area contributed by atoms with E-state index >= 15 is 0 Å². The monoisotopic (exact) mass is 202 g/mol. The van der Waals surface area contributed by atoms with Gasteiger partial charge in [0.05, 0.1) is 0 Å². The van der Waals surface area contributed by atoms with E-state index < -0.39 is 12.1 Å². The van der Waals surface area contributed by atoms with Crippen LogP contribution in [0.5, 0.6) is 0 Å². The molecule has 0 unspecified atom stereocenters. The zero-order valence-electron chi connectivity index (χ0n) is 9.04. The van der Waals surface area contributed by atoms with Crippen LogP contribution < -0.4 is 0 Å². The third-order valence-electron chi connectivity index (χ3n) is 2.37. The Balaban J connectivity index is 3.09. The van der Waals surface area contributed by atoms with Crippen molar-refractivity contribution in [1.29, 1.82) is 0 Å². The molecule has 0 aliphatic heterocycles. The van der Waals surface area contributed by atoms with Crippen molar-refractivity contribution in [2.75, 3.05) is 0 Å². The van der Waals surface area contributed by atoms with Crippen molar-refractivity contribution in [3.63, 3.8) is 0 Å². The number of aliphatic hydroxyl groups excluding tert-OH is 1. The van der Waals surface area contributed by atoms with Gasteiger partial charge in [0.15, 0.2) is 6.10 Å². The number of carboxylic acids is 1. The summed E-state index contributed by atoms with van der Waals surface area (Å²) >= 11 is 0. The molecule has 3 heteroatoms. The molecule has 0 aromatic rings. The number of aliphatic carboxylic acids is 1. The molecule has 14 heavy (non-hydrogen) atoms. The van der Waals surface area contributed by atoms with Crippen molar-refractivity contribution in [3.05, 3.63) is 0 Å². The second kappa shape index (κ2) is 9.00. The summed E-state index contributed by atoms with van der Waals surface area (Å²) in [5, 5.41) is 17.4. The second-order valence-corrected chi connectivity index (χ2v) is 3.76. The van der Waals surface area contributed by atoms with Gasteiger partial charge in [-0.1, -0.05) is 51.9 Å². The predicted octanol–water partition coefficient (Wildman–Crippen LogP) is 2.57. The Hall–Kier alpha value is -0.570. The maximum atomic E-state index is 10.3. The summed E-state index contributed by atoms with van der Waals surface area (Å²) in [5.74, 6) is -1.10. The van der Waals surface area contributed by atoms with Gasteiger partial charge in [-0.3, -0.25) is 0 Å². The van der Waals surface area contributed by atoms with Crippen LogP contribution in [-0.2, 0) is 4.79 Å². The zero-order valence-corrected chi connectivity index (χ0v) is 9.04. The van der Waals surface area contributed by atoms with Gasteiger partial charge in [-0.2, -0.15) is 0 Å². The molecule has 0 heterocycles. The lowest BCUT2D eigenvalue weighted by atomic mass is 10.1. The number of rotatable bonds is 9.